The van der Waals surface area contributed by atoms with Crippen LogP contribution in [-0.2, 0) is 9.53 Å². The number of rotatable bonds is 6. The first-order chi connectivity index (χ1) is 7.30. The summed E-state index contributed by atoms with van der Waals surface area (Å²) in [4.78, 5) is 22.2. The molecule has 0 aromatic carbocycles. The van der Waals surface area contributed by atoms with Crippen LogP contribution in [0.5, 0.6) is 0 Å². The molecule has 0 aromatic heterocycles. The number of esters is 1. The Hall–Kier alpha value is -0.370. The molecule has 0 aliphatic carbocycles. The highest BCUT2D eigenvalue weighted by molar-refractivity contribution is 14.1. The molecule has 0 aliphatic rings. The Morgan fingerprint density at radius 3 is 2.44 bits per heavy atom. The Morgan fingerprint density at radius 2 is 2.06 bits per heavy atom. The molecule has 0 saturated carbocycles. The molecule has 6 heteroatoms. The summed E-state index contributed by atoms with van der Waals surface area (Å²) in [5.74, 6) is -0.420. The van der Waals surface area contributed by atoms with Gasteiger partial charge in [0, 0.05) is 22.6 Å². The fraction of sp³-hybridized carbons (Fsp3) is 0.800. The first kappa shape index (κ1) is 15.6. The molecule has 1 unspecified atom stereocenters. The fourth-order valence-electron chi connectivity index (χ4n) is 0.945. The van der Waals surface area contributed by atoms with Crippen LogP contribution in [0.4, 0.5) is 4.79 Å². The fourth-order valence-corrected chi connectivity index (χ4v) is 1.39. The summed E-state index contributed by atoms with van der Waals surface area (Å²) >= 11 is 1.55. The molecule has 0 radical (unpaired) electrons. The van der Waals surface area contributed by atoms with Crippen molar-refractivity contribution < 1.29 is 19.4 Å². The first-order valence-corrected chi connectivity index (χ1v) is 6.17. The van der Waals surface area contributed by atoms with Gasteiger partial charge in [0.15, 0.2) is 0 Å². The average molecular weight is 343 g/mol. The van der Waals surface area contributed by atoms with Crippen molar-refractivity contribution in [2.75, 3.05) is 6.61 Å². The van der Waals surface area contributed by atoms with Gasteiger partial charge in [-0.1, -0.05) is 6.92 Å². The molecule has 0 saturated heterocycles. The number of halogens is 1. The summed E-state index contributed by atoms with van der Waals surface area (Å²) in [6, 6.07) is -0.579. The minimum absolute atomic E-state index is 0.0192. The monoisotopic (exact) mass is 343 g/mol. The molecule has 1 amide bonds. The lowest BCUT2D eigenvalue weighted by Gasteiger charge is -2.24. The van der Waals surface area contributed by atoms with E-state index in [0.29, 0.717) is 6.42 Å². The minimum Gasteiger partial charge on any atom is -0.460 e. The first-order valence-electron chi connectivity index (χ1n) is 5.09. The van der Waals surface area contributed by atoms with Gasteiger partial charge in [-0.3, -0.25) is 9.59 Å². The van der Waals surface area contributed by atoms with Crippen LogP contribution >= 0.6 is 22.6 Å². The number of amides is 1. The molecule has 0 aliphatic heterocycles. The molecule has 2 N–H and O–H groups in total. The predicted molar refractivity (Wildman–Crippen MR) is 68.5 cm³/mol. The number of aliphatic hydroxyl groups is 1. The van der Waals surface area contributed by atoms with Gasteiger partial charge in [0.05, 0.1) is 19.1 Å². The number of ether oxygens (including phenoxy) is 1. The van der Waals surface area contributed by atoms with Crippen LogP contribution in [-0.4, -0.2) is 33.2 Å². The zero-order chi connectivity index (χ0) is 12.8. The van der Waals surface area contributed by atoms with E-state index in [0.717, 1.165) is 0 Å². The van der Waals surface area contributed by atoms with Crippen molar-refractivity contribution in [3.8, 4) is 0 Å². The zero-order valence-corrected chi connectivity index (χ0v) is 11.9. The van der Waals surface area contributed by atoms with E-state index in [1.165, 1.54) is 0 Å². The Bertz CT molecular complexity index is 255. The maximum atomic E-state index is 11.5. The third-order valence-electron chi connectivity index (χ3n) is 2.19. The van der Waals surface area contributed by atoms with Gasteiger partial charge < -0.3 is 15.2 Å². The van der Waals surface area contributed by atoms with E-state index in [-0.39, 0.29) is 16.9 Å². The van der Waals surface area contributed by atoms with E-state index in [9.17, 15) is 9.59 Å². The molecule has 0 aromatic rings. The van der Waals surface area contributed by atoms with E-state index >= 15 is 0 Å². The molecule has 94 valence electrons. The maximum Gasteiger partial charge on any atom is 0.308 e. The van der Waals surface area contributed by atoms with E-state index in [2.05, 4.69) is 5.32 Å². The van der Waals surface area contributed by atoms with E-state index in [4.69, 9.17) is 9.84 Å². The number of hydrogen-bond donors (Lipinski definition) is 2. The number of hydrogen-bond acceptors (Lipinski definition) is 4. The molecule has 5 nitrogen and oxygen atoms in total. The van der Waals surface area contributed by atoms with Crippen molar-refractivity contribution in [2.24, 2.45) is 0 Å². The third kappa shape index (κ3) is 7.00. The highest BCUT2D eigenvalue weighted by Crippen LogP contribution is 2.15. The SMILES string of the molecule is CCC(C)(C)OC(=O)CC(CO)NC(=O)I. The molecule has 0 rings (SSSR count). The van der Waals surface area contributed by atoms with Gasteiger partial charge in [0.1, 0.15) is 5.60 Å². The summed E-state index contributed by atoms with van der Waals surface area (Å²) in [6.45, 7) is 5.27. The van der Waals surface area contributed by atoms with Gasteiger partial charge >= 0.3 is 5.97 Å². The molecular weight excluding hydrogens is 325 g/mol. The van der Waals surface area contributed by atoms with Crippen LogP contribution in [0.1, 0.15) is 33.6 Å². The van der Waals surface area contributed by atoms with Gasteiger partial charge in [0.25, 0.3) is 3.91 Å². The molecule has 0 heterocycles. The van der Waals surface area contributed by atoms with Crippen molar-refractivity contribution in [1.29, 1.82) is 0 Å². The molecule has 1 atom stereocenters. The van der Waals surface area contributed by atoms with Gasteiger partial charge in [-0.05, 0) is 20.3 Å². The average Bonchev–Trinajstić information content (AvgIpc) is 2.15. The van der Waals surface area contributed by atoms with Gasteiger partial charge in [-0.2, -0.15) is 0 Å². The Labute approximate surface area is 109 Å². The second-order valence-corrected chi connectivity index (χ2v) is 5.07. The second-order valence-electron chi connectivity index (χ2n) is 4.09. The van der Waals surface area contributed by atoms with Crippen molar-refractivity contribution in [3.63, 3.8) is 0 Å². The summed E-state index contributed by atoms with van der Waals surface area (Å²) < 4.78 is 4.89. The van der Waals surface area contributed by atoms with Crippen LogP contribution in [0.15, 0.2) is 0 Å². The lowest BCUT2D eigenvalue weighted by atomic mass is 10.1. The van der Waals surface area contributed by atoms with E-state index in [1.807, 2.05) is 20.8 Å². The topological polar surface area (TPSA) is 75.6 Å². The van der Waals surface area contributed by atoms with Crippen molar-refractivity contribution in [2.45, 2.75) is 45.3 Å². The Balaban J connectivity index is 4.16. The van der Waals surface area contributed by atoms with Gasteiger partial charge in [-0.25, -0.2) is 0 Å². The molecule has 16 heavy (non-hydrogen) atoms. The summed E-state index contributed by atoms with van der Waals surface area (Å²) in [7, 11) is 0. The highest BCUT2D eigenvalue weighted by Gasteiger charge is 2.23. The summed E-state index contributed by atoms with van der Waals surface area (Å²) in [6.07, 6.45) is 0.690. The number of nitrogens with one attached hydrogen (secondary N) is 1. The van der Waals surface area contributed by atoms with Crippen molar-refractivity contribution >= 4 is 32.5 Å². The van der Waals surface area contributed by atoms with E-state index in [1.54, 1.807) is 22.6 Å². The van der Waals surface area contributed by atoms with Gasteiger partial charge in [0.2, 0.25) is 0 Å². The smallest absolute Gasteiger partial charge is 0.308 e. The standard InChI is InChI=1S/C10H18INO4/c1-4-10(2,3)16-8(14)5-7(6-13)12-9(11)15/h7,13H,4-6H2,1-3H3,(H,12,15). The Kier molecular flexibility index (Phi) is 6.89. The zero-order valence-electron chi connectivity index (χ0n) is 9.75. The minimum atomic E-state index is -0.579. The maximum absolute atomic E-state index is 11.5. The van der Waals surface area contributed by atoms with Crippen LogP contribution in [0, 0.1) is 0 Å². The number of carbonyl (C=O) groups excluding carboxylic acids is 2. The van der Waals surface area contributed by atoms with Gasteiger partial charge in [-0.15, -0.1) is 0 Å². The molecular formula is C10H18INO4. The van der Waals surface area contributed by atoms with Crippen molar-refractivity contribution in [1.82, 2.24) is 5.32 Å². The largest absolute Gasteiger partial charge is 0.460 e. The van der Waals surface area contributed by atoms with Crippen LogP contribution < -0.4 is 5.32 Å². The van der Waals surface area contributed by atoms with Crippen LogP contribution in [0.25, 0.3) is 0 Å². The second kappa shape index (κ2) is 7.05. The number of aliphatic hydroxyl groups excluding tert-OH is 1. The Morgan fingerprint density at radius 1 is 1.50 bits per heavy atom. The molecule has 0 bridgehead atoms. The number of carbonyl (C=O) groups is 2. The van der Waals surface area contributed by atoms with E-state index < -0.39 is 17.6 Å². The summed E-state index contributed by atoms with van der Waals surface area (Å²) in [5.41, 5.74) is -0.509. The lowest BCUT2D eigenvalue weighted by Crippen LogP contribution is -2.38. The molecule has 0 fully saturated rings. The normalized spacial score (nSPS) is 13.1. The highest BCUT2D eigenvalue weighted by atomic mass is 127. The third-order valence-corrected chi connectivity index (χ3v) is 2.50. The molecule has 0 spiro atoms. The predicted octanol–water partition coefficient (Wildman–Crippen LogP) is 1.61. The van der Waals surface area contributed by atoms with Crippen LogP contribution in [0.3, 0.4) is 0 Å². The lowest BCUT2D eigenvalue weighted by molar-refractivity contribution is -0.157. The van der Waals surface area contributed by atoms with Crippen LogP contribution in [0.2, 0.25) is 0 Å². The quantitative estimate of drug-likeness (QED) is 0.333. The van der Waals surface area contributed by atoms with Crippen molar-refractivity contribution in [3.05, 3.63) is 0 Å². The summed E-state index contributed by atoms with van der Waals surface area (Å²) in [5, 5.41) is 11.4.